The molecule has 102 valence electrons. The topological polar surface area (TPSA) is 21.3 Å². The normalized spacial score (nSPS) is 13.9. The Bertz CT molecular complexity index is 366. The second kappa shape index (κ2) is 6.35. The summed E-state index contributed by atoms with van der Waals surface area (Å²) in [6.45, 7) is 13.7. The van der Waals surface area contributed by atoms with E-state index in [0.29, 0.717) is 0 Å². The van der Waals surface area contributed by atoms with Crippen LogP contribution in [0, 0.1) is 6.92 Å². The van der Waals surface area contributed by atoms with Crippen LogP contribution in [-0.2, 0) is 4.74 Å². The van der Waals surface area contributed by atoms with E-state index in [1.165, 1.54) is 11.1 Å². The van der Waals surface area contributed by atoms with Crippen molar-refractivity contribution in [3.63, 3.8) is 0 Å². The summed E-state index contributed by atoms with van der Waals surface area (Å²) in [7, 11) is 0. The molecule has 1 aromatic carbocycles. The maximum absolute atomic E-state index is 6.05. The maximum Gasteiger partial charge on any atom is 0.0955 e. The van der Waals surface area contributed by atoms with Crippen molar-refractivity contribution in [3.05, 3.63) is 35.4 Å². The third kappa shape index (κ3) is 5.19. The summed E-state index contributed by atoms with van der Waals surface area (Å²) in [4.78, 5) is 0. The third-order valence-corrected chi connectivity index (χ3v) is 2.79. The Morgan fingerprint density at radius 1 is 1.17 bits per heavy atom. The van der Waals surface area contributed by atoms with Crippen LogP contribution in [0.15, 0.2) is 24.3 Å². The lowest BCUT2D eigenvalue weighted by atomic mass is 10.0. The van der Waals surface area contributed by atoms with Gasteiger partial charge in [0.25, 0.3) is 0 Å². The average molecular weight is 249 g/mol. The predicted octanol–water partition coefficient (Wildman–Crippen LogP) is 3.85. The Morgan fingerprint density at radius 2 is 1.78 bits per heavy atom. The fourth-order valence-corrected chi connectivity index (χ4v) is 1.91. The molecule has 0 radical (unpaired) electrons. The number of nitrogens with one attached hydrogen (secondary N) is 1. The Labute approximate surface area is 112 Å². The van der Waals surface area contributed by atoms with Gasteiger partial charge in [0.2, 0.25) is 0 Å². The molecule has 1 rings (SSSR count). The molecular weight excluding hydrogens is 222 g/mol. The number of ether oxygens (including phenoxy) is 1. The maximum atomic E-state index is 6.05. The van der Waals surface area contributed by atoms with Crippen molar-refractivity contribution in [2.75, 3.05) is 6.54 Å². The van der Waals surface area contributed by atoms with E-state index >= 15 is 0 Å². The third-order valence-electron chi connectivity index (χ3n) is 2.79. The first-order chi connectivity index (χ1) is 8.29. The standard InChI is InChI=1S/C16H27NO/c1-12(2)18-15(11-17-16(4,5)6)14-10-8-7-9-13(14)3/h7-10,12,15,17H,11H2,1-6H3. The molecule has 0 heterocycles. The van der Waals surface area contributed by atoms with Gasteiger partial charge in [-0.1, -0.05) is 24.3 Å². The summed E-state index contributed by atoms with van der Waals surface area (Å²) in [6, 6.07) is 8.45. The number of benzene rings is 1. The summed E-state index contributed by atoms with van der Waals surface area (Å²) < 4.78 is 6.05. The van der Waals surface area contributed by atoms with Gasteiger partial charge in [0.1, 0.15) is 0 Å². The molecule has 0 spiro atoms. The molecule has 1 unspecified atom stereocenters. The van der Waals surface area contributed by atoms with Gasteiger partial charge in [-0.15, -0.1) is 0 Å². The van der Waals surface area contributed by atoms with Crippen LogP contribution in [0.25, 0.3) is 0 Å². The quantitative estimate of drug-likeness (QED) is 0.856. The molecular formula is C16H27NO. The highest BCUT2D eigenvalue weighted by Gasteiger charge is 2.18. The van der Waals surface area contributed by atoms with Crippen molar-refractivity contribution in [3.8, 4) is 0 Å². The average Bonchev–Trinajstić information content (AvgIpc) is 2.23. The van der Waals surface area contributed by atoms with E-state index in [4.69, 9.17) is 4.74 Å². The van der Waals surface area contributed by atoms with Crippen molar-refractivity contribution in [1.29, 1.82) is 0 Å². The summed E-state index contributed by atoms with van der Waals surface area (Å²) >= 11 is 0. The van der Waals surface area contributed by atoms with Gasteiger partial charge in [-0.2, -0.15) is 0 Å². The highest BCUT2D eigenvalue weighted by Crippen LogP contribution is 2.22. The van der Waals surface area contributed by atoms with E-state index < -0.39 is 0 Å². The molecule has 0 aromatic heterocycles. The van der Waals surface area contributed by atoms with Gasteiger partial charge in [0.05, 0.1) is 12.2 Å². The van der Waals surface area contributed by atoms with Crippen LogP contribution in [0.1, 0.15) is 51.8 Å². The van der Waals surface area contributed by atoms with Crippen molar-refractivity contribution in [2.24, 2.45) is 0 Å². The highest BCUT2D eigenvalue weighted by atomic mass is 16.5. The van der Waals surface area contributed by atoms with Crippen LogP contribution >= 0.6 is 0 Å². The highest BCUT2D eigenvalue weighted by molar-refractivity contribution is 5.28. The van der Waals surface area contributed by atoms with Gasteiger partial charge >= 0.3 is 0 Å². The summed E-state index contributed by atoms with van der Waals surface area (Å²) in [5, 5.41) is 3.53. The number of hydrogen-bond acceptors (Lipinski definition) is 2. The van der Waals surface area contributed by atoms with Gasteiger partial charge < -0.3 is 10.1 Å². The lowest BCUT2D eigenvalue weighted by Crippen LogP contribution is -2.39. The molecule has 0 bridgehead atoms. The Kier molecular flexibility index (Phi) is 5.36. The van der Waals surface area contributed by atoms with Crippen LogP contribution in [0.2, 0.25) is 0 Å². The minimum Gasteiger partial charge on any atom is -0.370 e. The van der Waals surface area contributed by atoms with E-state index in [1.807, 2.05) is 0 Å². The zero-order valence-electron chi connectivity index (χ0n) is 12.6. The zero-order valence-corrected chi connectivity index (χ0v) is 12.6. The molecule has 1 N–H and O–H groups in total. The summed E-state index contributed by atoms with van der Waals surface area (Å²) in [5.74, 6) is 0. The van der Waals surface area contributed by atoms with Crippen LogP contribution in [0.5, 0.6) is 0 Å². The lowest BCUT2D eigenvalue weighted by molar-refractivity contribution is 0.00372. The first-order valence-electron chi connectivity index (χ1n) is 6.75. The zero-order chi connectivity index (χ0) is 13.8. The van der Waals surface area contributed by atoms with Crippen molar-refractivity contribution < 1.29 is 4.74 Å². The largest absolute Gasteiger partial charge is 0.370 e. The molecule has 2 heteroatoms. The minimum atomic E-state index is 0.112. The van der Waals surface area contributed by atoms with Crippen LogP contribution in [0.4, 0.5) is 0 Å². The fourth-order valence-electron chi connectivity index (χ4n) is 1.91. The van der Waals surface area contributed by atoms with Gasteiger partial charge in [0, 0.05) is 12.1 Å². The minimum absolute atomic E-state index is 0.112. The van der Waals surface area contributed by atoms with Gasteiger partial charge in [-0.3, -0.25) is 0 Å². The monoisotopic (exact) mass is 249 g/mol. The van der Waals surface area contributed by atoms with E-state index in [-0.39, 0.29) is 17.7 Å². The second-order valence-electron chi connectivity index (χ2n) is 6.16. The smallest absolute Gasteiger partial charge is 0.0955 e. The number of hydrogen-bond donors (Lipinski definition) is 1. The van der Waals surface area contributed by atoms with Gasteiger partial charge in [0.15, 0.2) is 0 Å². The van der Waals surface area contributed by atoms with E-state index in [9.17, 15) is 0 Å². The van der Waals surface area contributed by atoms with Crippen LogP contribution in [0.3, 0.4) is 0 Å². The molecule has 0 aliphatic rings. The molecule has 0 amide bonds. The number of aryl methyl sites for hydroxylation is 1. The fraction of sp³-hybridized carbons (Fsp3) is 0.625. The molecule has 0 saturated heterocycles. The Balaban J connectivity index is 2.82. The van der Waals surface area contributed by atoms with E-state index in [0.717, 1.165) is 6.54 Å². The second-order valence-corrected chi connectivity index (χ2v) is 6.16. The predicted molar refractivity (Wildman–Crippen MR) is 77.9 cm³/mol. The SMILES string of the molecule is Cc1ccccc1C(CNC(C)(C)C)OC(C)C. The molecule has 1 aromatic rings. The lowest BCUT2D eigenvalue weighted by Gasteiger charge is -2.28. The van der Waals surface area contributed by atoms with Crippen molar-refractivity contribution in [1.82, 2.24) is 5.32 Å². The van der Waals surface area contributed by atoms with Crippen molar-refractivity contribution in [2.45, 2.75) is 59.3 Å². The Hall–Kier alpha value is -0.860. The van der Waals surface area contributed by atoms with Gasteiger partial charge in [-0.25, -0.2) is 0 Å². The van der Waals surface area contributed by atoms with Crippen LogP contribution in [-0.4, -0.2) is 18.2 Å². The number of rotatable bonds is 5. The molecule has 0 aliphatic carbocycles. The summed E-state index contributed by atoms with van der Waals surface area (Å²) in [6.07, 6.45) is 0.349. The summed E-state index contributed by atoms with van der Waals surface area (Å²) in [5.41, 5.74) is 2.68. The first-order valence-corrected chi connectivity index (χ1v) is 6.75. The van der Waals surface area contributed by atoms with Crippen LogP contribution < -0.4 is 5.32 Å². The molecule has 2 nitrogen and oxygen atoms in total. The molecule has 0 saturated carbocycles. The molecule has 0 aliphatic heterocycles. The first kappa shape index (κ1) is 15.2. The molecule has 0 fully saturated rings. The molecule has 18 heavy (non-hydrogen) atoms. The Morgan fingerprint density at radius 3 is 2.28 bits per heavy atom. The van der Waals surface area contributed by atoms with E-state index in [2.05, 4.69) is 71.1 Å². The van der Waals surface area contributed by atoms with Gasteiger partial charge in [-0.05, 0) is 52.7 Å². The van der Waals surface area contributed by atoms with Crippen molar-refractivity contribution >= 4 is 0 Å². The molecule has 1 atom stereocenters. The van der Waals surface area contributed by atoms with E-state index in [1.54, 1.807) is 0 Å².